The zero-order valence-corrected chi connectivity index (χ0v) is 18.1. The summed E-state index contributed by atoms with van der Waals surface area (Å²) in [6.07, 6.45) is 3.59. The van der Waals surface area contributed by atoms with Crippen molar-refractivity contribution in [2.45, 2.75) is 27.2 Å². The Bertz CT molecular complexity index is 1090. The van der Waals surface area contributed by atoms with Crippen LogP contribution in [-0.4, -0.2) is 28.8 Å². The summed E-state index contributed by atoms with van der Waals surface area (Å²) in [4.78, 5) is 14.6. The standard InChI is InChI=1S/C25H26N4O2/c1-4-31-23-13-11-21(12-14-23)28(18-8-17-26)25(30)16-15-24-19(2)27-29(20(24)3)22-9-6-5-7-10-22/h5-7,9-16H,4,8,18H2,1-3H3/b16-15+. The van der Waals surface area contributed by atoms with Crippen LogP contribution < -0.4 is 9.64 Å². The van der Waals surface area contributed by atoms with E-state index in [-0.39, 0.29) is 12.3 Å². The van der Waals surface area contributed by atoms with E-state index in [0.717, 1.165) is 34.1 Å². The molecule has 0 bridgehead atoms. The monoisotopic (exact) mass is 414 g/mol. The molecule has 0 aliphatic rings. The van der Waals surface area contributed by atoms with Crippen LogP contribution in [0.2, 0.25) is 0 Å². The number of aromatic nitrogens is 2. The number of carbonyl (C=O) groups excluding carboxylic acids is 1. The molecule has 0 saturated heterocycles. The smallest absolute Gasteiger partial charge is 0.251 e. The quantitative estimate of drug-likeness (QED) is 0.494. The van der Waals surface area contributed by atoms with E-state index in [4.69, 9.17) is 10.00 Å². The Kier molecular flexibility index (Phi) is 7.23. The van der Waals surface area contributed by atoms with Crippen LogP contribution in [0, 0.1) is 25.2 Å². The highest BCUT2D eigenvalue weighted by Crippen LogP contribution is 2.22. The Morgan fingerprint density at radius 3 is 2.52 bits per heavy atom. The Morgan fingerprint density at radius 2 is 1.87 bits per heavy atom. The van der Waals surface area contributed by atoms with E-state index in [9.17, 15) is 4.79 Å². The molecular formula is C25H26N4O2. The van der Waals surface area contributed by atoms with Crippen molar-refractivity contribution in [3.63, 3.8) is 0 Å². The molecule has 0 atom stereocenters. The van der Waals surface area contributed by atoms with Crippen LogP contribution in [0.5, 0.6) is 5.75 Å². The van der Waals surface area contributed by atoms with Crippen LogP contribution in [-0.2, 0) is 4.79 Å². The summed E-state index contributed by atoms with van der Waals surface area (Å²) >= 11 is 0. The molecule has 1 aromatic heterocycles. The molecule has 3 aromatic rings. The number of hydrogen-bond acceptors (Lipinski definition) is 4. The van der Waals surface area contributed by atoms with Gasteiger partial charge in [-0.2, -0.15) is 10.4 Å². The fourth-order valence-electron chi connectivity index (χ4n) is 3.38. The van der Waals surface area contributed by atoms with Crippen LogP contribution in [0.25, 0.3) is 11.8 Å². The van der Waals surface area contributed by atoms with Gasteiger partial charge in [-0.1, -0.05) is 18.2 Å². The van der Waals surface area contributed by atoms with Crippen molar-refractivity contribution < 1.29 is 9.53 Å². The third-order valence-corrected chi connectivity index (χ3v) is 4.91. The molecule has 0 fully saturated rings. The molecule has 0 saturated carbocycles. The van der Waals surface area contributed by atoms with Crippen molar-refractivity contribution in [3.8, 4) is 17.5 Å². The molecule has 158 valence electrons. The molecule has 0 radical (unpaired) electrons. The van der Waals surface area contributed by atoms with Gasteiger partial charge in [0.2, 0.25) is 0 Å². The number of ether oxygens (including phenoxy) is 1. The lowest BCUT2D eigenvalue weighted by Crippen LogP contribution is -2.30. The minimum Gasteiger partial charge on any atom is -0.494 e. The van der Waals surface area contributed by atoms with E-state index in [2.05, 4.69) is 11.2 Å². The maximum atomic E-state index is 13.0. The number of carbonyl (C=O) groups is 1. The molecule has 0 N–H and O–H groups in total. The van der Waals surface area contributed by atoms with Crippen molar-refractivity contribution in [2.75, 3.05) is 18.1 Å². The SMILES string of the molecule is CCOc1ccc(N(CCC#N)C(=O)/C=C/c2c(C)nn(-c3ccccc3)c2C)cc1. The van der Waals surface area contributed by atoms with Gasteiger partial charge in [-0.25, -0.2) is 4.68 Å². The number of anilines is 1. The molecule has 1 amide bonds. The zero-order valence-electron chi connectivity index (χ0n) is 18.1. The number of benzene rings is 2. The highest BCUT2D eigenvalue weighted by molar-refractivity contribution is 6.04. The van der Waals surface area contributed by atoms with Gasteiger partial charge in [0.25, 0.3) is 5.91 Å². The Labute approximate surface area is 183 Å². The van der Waals surface area contributed by atoms with Gasteiger partial charge < -0.3 is 9.64 Å². The molecule has 0 aliphatic carbocycles. The summed E-state index contributed by atoms with van der Waals surface area (Å²) in [5, 5.41) is 13.6. The number of rotatable bonds is 8. The van der Waals surface area contributed by atoms with Crippen LogP contribution in [0.3, 0.4) is 0 Å². The van der Waals surface area contributed by atoms with Crippen LogP contribution in [0.1, 0.15) is 30.3 Å². The third-order valence-electron chi connectivity index (χ3n) is 4.91. The lowest BCUT2D eigenvalue weighted by molar-refractivity contribution is -0.114. The van der Waals surface area contributed by atoms with Gasteiger partial charge in [0.05, 0.1) is 30.5 Å². The molecular weight excluding hydrogens is 388 g/mol. The number of nitriles is 1. The topological polar surface area (TPSA) is 71.2 Å². The maximum Gasteiger partial charge on any atom is 0.251 e. The Balaban J connectivity index is 1.85. The molecule has 6 nitrogen and oxygen atoms in total. The lowest BCUT2D eigenvalue weighted by atomic mass is 10.1. The summed E-state index contributed by atoms with van der Waals surface area (Å²) in [5.41, 5.74) is 4.40. The average molecular weight is 415 g/mol. The first-order chi connectivity index (χ1) is 15.0. The third kappa shape index (κ3) is 5.20. The molecule has 0 spiro atoms. The normalized spacial score (nSPS) is 10.8. The van der Waals surface area contributed by atoms with E-state index in [0.29, 0.717) is 13.2 Å². The van der Waals surface area contributed by atoms with Gasteiger partial charge in [-0.15, -0.1) is 0 Å². The summed E-state index contributed by atoms with van der Waals surface area (Å²) < 4.78 is 7.35. The lowest BCUT2D eigenvalue weighted by Gasteiger charge is -2.20. The maximum absolute atomic E-state index is 13.0. The fraction of sp³-hybridized carbons (Fsp3) is 0.240. The van der Waals surface area contributed by atoms with E-state index in [1.54, 1.807) is 17.1 Å². The van der Waals surface area contributed by atoms with Gasteiger partial charge in [0.15, 0.2) is 0 Å². The van der Waals surface area contributed by atoms with E-state index in [1.165, 1.54) is 0 Å². The van der Waals surface area contributed by atoms with Crippen molar-refractivity contribution in [1.29, 1.82) is 5.26 Å². The van der Waals surface area contributed by atoms with Gasteiger partial charge >= 0.3 is 0 Å². The van der Waals surface area contributed by atoms with Gasteiger partial charge in [-0.05, 0) is 63.2 Å². The van der Waals surface area contributed by atoms with Crippen LogP contribution in [0.15, 0.2) is 60.7 Å². The highest BCUT2D eigenvalue weighted by atomic mass is 16.5. The fourth-order valence-corrected chi connectivity index (χ4v) is 3.38. The number of hydrogen-bond donors (Lipinski definition) is 0. The average Bonchev–Trinajstić information content (AvgIpc) is 3.07. The van der Waals surface area contributed by atoms with Gasteiger partial charge in [-0.3, -0.25) is 4.79 Å². The van der Waals surface area contributed by atoms with Crippen molar-refractivity contribution >= 4 is 17.7 Å². The van der Waals surface area contributed by atoms with Gasteiger partial charge in [0.1, 0.15) is 5.75 Å². The first-order valence-corrected chi connectivity index (χ1v) is 10.3. The summed E-state index contributed by atoms with van der Waals surface area (Å²) in [6, 6.07) is 19.3. The molecule has 3 rings (SSSR count). The summed E-state index contributed by atoms with van der Waals surface area (Å²) in [6.45, 7) is 6.72. The minimum atomic E-state index is -0.189. The number of amides is 1. The molecule has 0 unspecified atom stereocenters. The Hall–Kier alpha value is -3.85. The van der Waals surface area contributed by atoms with E-state index < -0.39 is 0 Å². The summed E-state index contributed by atoms with van der Waals surface area (Å²) in [5.74, 6) is 0.555. The van der Waals surface area contributed by atoms with Crippen molar-refractivity contribution in [2.24, 2.45) is 0 Å². The Morgan fingerprint density at radius 1 is 1.16 bits per heavy atom. The van der Waals surface area contributed by atoms with E-state index in [1.807, 2.05) is 80.1 Å². The largest absolute Gasteiger partial charge is 0.494 e. The highest BCUT2D eigenvalue weighted by Gasteiger charge is 2.15. The van der Waals surface area contributed by atoms with Crippen LogP contribution in [0.4, 0.5) is 5.69 Å². The van der Waals surface area contributed by atoms with Gasteiger partial charge in [0, 0.05) is 29.6 Å². The van der Waals surface area contributed by atoms with E-state index >= 15 is 0 Å². The molecule has 6 heteroatoms. The molecule has 0 aliphatic heterocycles. The molecule has 2 aromatic carbocycles. The predicted octanol–water partition coefficient (Wildman–Crippen LogP) is 4.85. The predicted molar refractivity (Wildman–Crippen MR) is 122 cm³/mol. The second-order valence-corrected chi connectivity index (χ2v) is 6.99. The first kappa shape index (κ1) is 21.8. The molecule has 31 heavy (non-hydrogen) atoms. The number of nitrogens with zero attached hydrogens (tertiary/aromatic N) is 4. The number of para-hydroxylation sites is 1. The zero-order chi connectivity index (χ0) is 22.2. The van der Waals surface area contributed by atoms with Crippen molar-refractivity contribution in [1.82, 2.24) is 9.78 Å². The number of aryl methyl sites for hydroxylation is 1. The molecule has 1 heterocycles. The van der Waals surface area contributed by atoms with Crippen molar-refractivity contribution in [3.05, 3.63) is 77.6 Å². The summed E-state index contributed by atoms with van der Waals surface area (Å²) in [7, 11) is 0. The van der Waals surface area contributed by atoms with Crippen LogP contribution >= 0.6 is 0 Å². The first-order valence-electron chi connectivity index (χ1n) is 10.3. The minimum absolute atomic E-state index is 0.189. The second-order valence-electron chi connectivity index (χ2n) is 6.99. The second kappa shape index (κ2) is 10.3.